The van der Waals surface area contributed by atoms with E-state index in [-0.39, 0.29) is 5.91 Å². The lowest BCUT2D eigenvalue weighted by Gasteiger charge is -2.23. The fourth-order valence-corrected chi connectivity index (χ4v) is 2.95. The first-order valence-corrected chi connectivity index (χ1v) is 7.77. The third kappa shape index (κ3) is 4.43. The SMILES string of the molecule is COCC1CCCN1CCC(=O)Nc1cccc(Cl)c1C. The molecule has 1 fully saturated rings. The highest BCUT2D eigenvalue weighted by Gasteiger charge is 2.24. The average molecular weight is 311 g/mol. The molecule has 1 heterocycles. The maximum Gasteiger partial charge on any atom is 0.225 e. The Morgan fingerprint density at radius 3 is 3.10 bits per heavy atom. The van der Waals surface area contributed by atoms with Crippen molar-refractivity contribution in [3.8, 4) is 0 Å². The van der Waals surface area contributed by atoms with Gasteiger partial charge in [-0.25, -0.2) is 0 Å². The zero-order chi connectivity index (χ0) is 15.2. The Labute approximate surface area is 131 Å². The zero-order valence-electron chi connectivity index (χ0n) is 12.7. The molecule has 4 nitrogen and oxygen atoms in total. The number of anilines is 1. The maximum atomic E-state index is 12.1. The van der Waals surface area contributed by atoms with Crippen molar-refractivity contribution in [1.29, 1.82) is 0 Å². The van der Waals surface area contributed by atoms with Gasteiger partial charge in [-0.15, -0.1) is 0 Å². The Kier molecular flexibility index (Phi) is 6.03. The summed E-state index contributed by atoms with van der Waals surface area (Å²) < 4.78 is 5.23. The number of carbonyl (C=O) groups excluding carboxylic acids is 1. The third-order valence-corrected chi connectivity index (χ3v) is 4.44. The Hall–Kier alpha value is -1.10. The standard InChI is InChI=1S/C16H23ClN2O2/c1-12-14(17)6-3-7-15(12)18-16(20)8-10-19-9-4-5-13(19)11-21-2/h3,6-7,13H,4-5,8-11H2,1-2H3,(H,18,20). The second kappa shape index (κ2) is 7.78. The van der Waals surface area contributed by atoms with Crippen LogP contribution in [0, 0.1) is 6.92 Å². The van der Waals surface area contributed by atoms with Crippen LogP contribution in [0.1, 0.15) is 24.8 Å². The topological polar surface area (TPSA) is 41.6 Å². The van der Waals surface area contributed by atoms with Crippen molar-refractivity contribution in [2.24, 2.45) is 0 Å². The highest BCUT2D eigenvalue weighted by Crippen LogP contribution is 2.23. The summed E-state index contributed by atoms with van der Waals surface area (Å²) in [5, 5.41) is 3.61. The molecule has 0 bridgehead atoms. The van der Waals surface area contributed by atoms with Gasteiger partial charge in [0.1, 0.15) is 0 Å². The van der Waals surface area contributed by atoms with Gasteiger partial charge in [-0.05, 0) is 44.0 Å². The molecule has 1 atom stereocenters. The Morgan fingerprint density at radius 1 is 1.52 bits per heavy atom. The van der Waals surface area contributed by atoms with Gasteiger partial charge in [0.25, 0.3) is 0 Å². The van der Waals surface area contributed by atoms with Crippen LogP contribution in [0.3, 0.4) is 0 Å². The monoisotopic (exact) mass is 310 g/mol. The normalized spacial score (nSPS) is 18.9. The largest absolute Gasteiger partial charge is 0.383 e. The number of carbonyl (C=O) groups is 1. The van der Waals surface area contributed by atoms with Gasteiger partial charge in [-0.2, -0.15) is 0 Å². The molecule has 2 rings (SSSR count). The first-order chi connectivity index (χ1) is 10.1. The fraction of sp³-hybridized carbons (Fsp3) is 0.562. The molecule has 0 saturated carbocycles. The number of methoxy groups -OCH3 is 1. The zero-order valence-corrected chi connectivity index (χ0v) is 13.4. The van der Waals surface area contributed by atoms with E-state index in [1.54, 1.807) is 7.11 Å². The van der Waals surface area contributed by atoms with Gasteiger partial charge in [-0.3, -0.25) is 9.69 Å². The summed E-state index contributed by atoms with van der Waals surface area (Å²) in [5.41, 5.74) is 1.70. The van der Waals surface area contributed by atoms with Crippen LogP contribution in [0.15, 0.2) is 18.2 Å². The molecule has 1 aromatic carbocycles. The van der Waals surface area contributed by atoms with Crippen molar-refractivity contribution in [1.82, 2.24) is 4.90 Å². The van der Waals surface area contributed by atoms with E-state index in [0.717, 1.165) is 37.4 Å². The third-order valence-electron chi connectivity index (χ3n) is 4.03. The lowest BCUT2D eigenvalue weighted by Crippen LogP contribution is -2.35. The van der Waals surface area contributed by atoms with E-state index >= 15 is 0 Å². The van der Waals surface area contributed by atoms with Crippen molar-refractivity contribution >= 4 is 23.2 Å². The van der Waals surface area contributed by atoms with Crippen LogP contribution in [0.4, 0.5) is 5.69 Å². The summed E-state index contributed by atoms with van der Waals surface area (Å²) in [5.74, 6) is 0.0310. The summed E-state index contributed by atoms with van der Waals surface area (Å²) in [4.78, 5) is 14.4. The second-order valence-corrected chi connectivity index (χ2v) is 5.91. The molecule has 1 aromatic rings. The molecule has 1 amide bonds. The van der Waals surface area contributed by atoms with Gasteiger partial charge < -0.3 is 10.1 Å². The molecule has 21 heavy (non-hydrogen) atoms. The number of nitrogens with one attached hydrogen (secondary N) is 1. The smallest absolute Gasteiger partial charge is 0.225 e. The summed E-state index contributed by atoms with van der Waals surface area (Å²) >= 11 is 6.06. The van der Waals surface area contributed by atoms with Crippen molar-refractivity contribution in [3.05, 3.63) is 28.8 Å². The summed E-state index contributed by atoms with van der Waals surface area (Å²) in [6.07, 6.45) is 2.83. The van der Waals surface area contributed by atoms with Crippen molar-refractivity contribution < 1.29 is 9.53 Å². The summed E-state index contributed by atoms with van der Waals surface area (Å²) in [6.45, 7) is 4.49. The Morgan fingerprint density at radius 2 is 2.33 bits per heavy atom. The molecule has 1 unspecified atom stereocenters. The molecule has 0 aromatic heterocycles. The minimum absolute atomic E-state index is 0.0310. The molecule has 5 heteroatoms. The van der Waals surface area contributed by atoms with Crippen LogP contribution >= 0.6 is 11.6 Å². The van der Waals surface area contributed by atoms with Gasteiger partial charge in [0.15, 0.2) is 0 Å². The van der Waals surface area contributed by atoms with E-state index in [4.69, 9.17) is 16.3 Å². The quantitative estimate of drug-likeness (QED) is 0.878. The van der Waals surface area contributed by atoms with E-state index in [2.05, 4.69) is 10.2 Å². The highest BCUT2D eigenvalue weighted by atomic mass is 35.5. The first-order valence-electron chi connectivity index (χ1n) is 7.39. The van der Waals surface area contributed by atoms with Crippen LogP contribution in [0.2, 0.25) is 5.02 Å². The summed E-state index contributed by atoms with van der Waals surface area (Å²) in [7, 11) is 1.73. The Balaban J connectivity index is 1.83. The number of amides is 1. The molecule has 0 radical (unpaired) electrons. The molecule has 1 aliphatic rings. The summed E-state index contributed by atoms with van der Waals surface area (Å²) in [6, 6.07) is 6.00. The van der Waals surface area contributed by atoms with Crippen LogP contribution < -0.4 is 5.32 Å². The number of likely N-dealkylation sites (tertiary alicyclic amines) is 1. The van der Waals surface area contributed by atoms with Gasteiger partial charge in [0.05, 0.1) is 6.61 Å². The van der Waals surface area contributed by atoms with E-state index in [1.165, 1.54) is 6.42 Å². The number of ether oxygens (including phenoxy) is 1. The van der Waals surface area contributed by atoms with Gasteiger partial charge in [0.2, 0.25) is 5.91 Å². The van der Waals surface area contributed by atoms with Crippen molar-refractivity contribution in [3.63, 3.8) is 0 Å². The van der Waals surface area contributed by atoms with Crippen LogP contribution in [0.5, 0.6) is 0 Å². The molecule has 116 valence electrons. The Bertz CT molecular complexity index is 493. The van der Waals surface area contributed by atoms with Crippen molar-refractivity contribution in [2.45, 2.75) is 32.2 Å². The number of hydrogen-bond acceptors (Lipinski definition) is 3. The molecule has 1 saturated heterocycles. The van der Waals surface area contributed by atoms with E-state index in [1.807, 2.05) is 25.1 Å². The predicted molar refractivity (Wildman–Crippen MR) is 85.9 cm³/mol. The lowest BCUT2D eigenvalue weighted by molar-refractivity contribution is -0.116. The van der Waals surface area contributed by atoms with Gasteiger partial charge in [0, 0.05) is 36.8 Å². The number of rotatable bonds is 6. The molecular weight excluding hydrogens is 288 g/mol. The fourth-order valence-electron chi connectivity index (χ4n) is 2.77. The number of benzene rings is 1. The molecule has 0 aliphatic carbocycles. The lowest BCUT2D eigenvalue weighted by atomic mass is 10.2. The van der Waals surface area contributed by atoms with Crippen LogP contribution in [0.25, 0.3) is 0 Å². The van der Waals surface area contributed by atoms with Gasteiger partial charge >= 0.3 is 0 Å². The minimum atomic E-state index is 0.0310. The number of nitrogens with zero attached hydrogens (tertiary/aromatic N) is 1. The first kappa shape index (κ1) is 16.3. The highest BCUT2D eigenvalue weighted by molar-refractivity contribution is 6.31. The van der Waals surface area contributed by atoms with E-state index in [0.29, 0.717) is 17.5 Å². The number of halogens is 1. The maximum absolute atomic E-state index is 12.1. The molecular formula is C16H23ClN2O2. The number of hydrogen-bond donors (Lipinski definition) is 1. The van der Waals surface area contributed by atoms with Crippen LogP contribution in [-0.4, -0.2) is 43.7 Å². The molecule has 1 aliphatic heterocycles. The van der Waals surface area contributed by atoms with Crippen molar-refractivity contribution in [2.75, 3.05) is 32.1 Å². The van der Waals surface area contributed by atoms with E-state index < -0.39 is 0 Å². The minimum Gasteiger partial charge on any atom is -0.383 e. The van der Waals surface area contributed by atoms with Gasteiger partial charge in [-0.1, -0.05) is 17.7 Å². The average Bonchev–Trinajstić information content (AvgIpc) is 2.90. The second-order valence-electron chi connectivity index (χ2n) is 5.50. The molecule has 1 N–H and O–H groups in total. The van der Waals surface area contributed by atoms with E-state index in [9.17, 15) is 4.79 Å². The van der Waals surface area contributed by atoms with Crippen LogP contribution in [-0.2, 0) is 9.53 Å². The molecule has 0 spiro atoms. The predicted octanol–water partition coefficient (Wildman–Crippen LogP) is 3.09.